The Kier molecular flexibility index (Phi) is 4.24. The first-order valence-electron chi connectivity index (χ1n) is 4.60. The summed E-state index contributed by atoms with van der Waals surface area (Å²) in [6, 6.07) is -1.16. The van der Waals surface area contributed by atoms with E-state index >= 15 is 0 Å². The van der Waals surface area contributed by atoms with Gasteiger partial charge in [0.2, 0.25) is 0 Å². The summed E-state index contributed by atoms with van der Waals surface area (Å²) in [5, 5.41) is 45.6. The zero-order chi connectivity index (χ0) is 10.7. The van der Waals surface area contributed by atoms with Crippen molar-refractivity contribution in [3.8, 4) is 0 Å². The molecule has 5 N–H and O–H groups in total. The van der Waals surface area contributed by atoms with Crippen LogP contribution in [0.25, 0.3) is 0 Å². The number of likely N-dealkylation sites (tertiary alicyclic amines) is 1. The molecule has 0 unspecified atom stereocenters. The molecule has 1 aliphatic rings. The maximum Gasteiger partial charge on any atom is 0.0988 e. The van der Waals surface area contributed by atoms with Crippen LogP contribution in [0.4, 0.5) is 0 Å². The van der Waals surface area contributed by atoms with Gasteiger partial charge in [-0.15, -0.1) is 0 Å². The predicted molar refractivity (Wildman–Crippen MR) is 47.6 cm³/mol. The van der Waals surface area contributed by atoms with Crippen LogP contribution < -0.4 is 0 Å². The van der Waals surface area contributed by atoms with Gasteiger partial charge in [-0.2, -0.15) is 0 Å². The topological polar surface area (TPSA) is 104 Å². The minimum absolute atomic E-state index is 0.151. The smallest absolute Gasteiger partial charge is 0.0988 e. The Labute approximate surface area is 82.0 Å². The van der Waals surface area contributed by atoms with Gasteiger partial charge in [0, 0.05) is 6.54 Å². The molecule has 14 heavy (non-hydrogen) atoms. The lowest BCUT2D eigenvalue weighted by molar-refractivity contribution is 0.00371. The molecule has 1 fully saturated rings. The fourth-order valence-corrected chi connectivity index (χ4v) is 1.81. The molecule has 0 saturated carbocycles. The molecular weight excluding hydrogens is 190 g/mol. The lowest BCUT2D eigenvalue weighted by Gasteiger charge is -2.29. The largest absolute Gasteiger partial charge is 0.395 e. The van der Waals surface area contributed by atoms with E-state index in [1.165, 1.54) is 4.90 Å². The van der Waals surface area contributed by atoms with Gasteiger partial charge < -0.3 is 25.5 Å². The number of aliphatic hydroxyl groups excluding tert-OH is 5. The van der Waals surface area contributed by atoms with E-state index in [9.17, 15) is 10.2 Å². The maximum absolute atomic E-state index is 9.45. The molecule has 1 aliphatic heterocycles. The second kappa shape index (κ2) is 5.01. The maximum atomic E-state index is 9.45. The van der Waals surface area contributed by atoms with Crippen molar-refractivity contribution in [3.63, 3.8) is 0 Å². The lowest BCUT2D eigenvalue weighted by Crippen LogP contribution is -2.47. The Bertz CT molecular complexity index is 175. The molecule has 0 aromatic carbocycles. The Morgan fingerprint density at radius 2 is 1.71 bits per heavy atom. The number of nitrogens with zero attached hydrogens (tertiary/aromatic N) is 1. The molecule has 1 heterocycles. The van der Waals surface area contributed by atoms with Crippen LogP contribution in [0, 0.1) is 0 Å². The number of rotatable bonds is 4. The van der Waals surface area contributed by atoms with Crippen molar-refractivity contribution in [1.82, 2.24) is 4.90 Å². The highest BCUT2D eigenvalue weighted by atomic mass is 16.3. The third kappa shape index (κ3) is 2.05. The van der Waals surface area contributed by atoms with Gasteiger partial charge in [-0.3, -0.25) is 4.90 Å². The first kappa shape index (κ1) is 11.8. The molecule has 6 nitrogen and oxygen atoms in total. The zero-order valence-corrected chi connectivity index (χ0v) is 7.82. The molecule has 0 amide bonds. The third-order valence-corrected chi connectivity index (χ3v) is 2.69. The average Bonchev–Trinajstić information content (AvgIpc) is 2.45. The van der Waals surface area contributed by atoms with E-state index in [1.807, 2.05) is 0 Å². The van der Waals surface area contributed by atoms with E-state index in [2.05, 4.69) is 0 Å². The molecule has 0 aromatic rings. The van der Waals surface area contributed by atoms with E-state index in [-0.39, 0.29) is 26.4 Å². The second-order valence-electron chi connectivity index (χ2n) is 3.52. The molecule has 1 rings (SSSR count). The summed E-state index contributed by atoms with van der Waals surface area (Å²) in [5.74, 6) is 0. The number of aliphatic hydroxyl groups is 5. The first-order valence-corrected chi connectivity index (χ1v) is 4.60. The monoisotopic (exact) mass is 207 g/mol. The van der Waals surface area contributed by atoms with E-state index in [1.54, 1.807) is 0 Å². The molecule has 0 bridgehead atoms. The Hall–Kier alpha value is -0.240. The fourth-order valence-electron chi connectivity index (χ4n) is 1.81. The Balaban J connectivity index is 2.68. The summed E-state index contributed by atoms with van der Waals surface area (Å²) in [6.07, 6.45) is -1.96. The molecule has 84 valence electrons. The minimum atomic E-state index is -1.03. The second-order valence-corrected chi connectivity index (χ2v) is 3.52. The van der Waals surface area contributed by atoms with Crippen LogP contribution in [-0.2, 0) is 0 Å². The van der Waals surface area contributed by atoms with Crippen molar-refractivity contribution >= 4 is 0 Å². The zero-order valence-electron chi connectivity index (χ0n) is 7.82. The molecule has 0 aromatic heterocycles. The predicted octanol–water partition coefficient (Wildman–Crippen LogP) is -3.26. The van der Waals surface area contributed by atoms with Crippen LogP contribution in [-0.4, -0.2) is 81.1 Å². The van der Waals surface area contributed by atoms with E-state index < -0.39 is 24.3 Å². The van der Waals surface area contributed by atoms with E-state index in [0.29, 0.717) is 0 Å². The van der Waals surface area contributed by atoms with Crippen molar-refractivity contribution in [1.29, 1.82) is 0 Å². The van der Waals surface area contributed by atoms with Crippen molar-refractivity contribution < 1.29 is 25.5 Å². The standard InChI is InChI=1S/C8H17NO5/c10-2-5(3-11)9-1-7(13)8(14)6(9)4-12/h5-8,10-14H,1-4H2/t6-,7-,8-/m0/s1. The van der Waals surface area contributed by atoms with Gasteiger partial charge in [0.1, 0.15) is 0 Å². The quantitative estimate of drug-likeness (QED) is 0.331. The van der Waals surface area contributed by atoms with Crippen LogP contribution in [0.2, 0.25) is 0 Å². The first-order chi connectivity index (χ1) is 6.65. The number of hydrogen-bond donors (Lipinski definition) is 5. The lowest BCUT2D eigenvalue weighted by atomic mass is 10.1. The van der Waals surface area contributed by atoms with Gasteiger partial charge in [0.15, 0.2) is 0 Å². The molecular formula is C8H17NO5. The summed E-state index contributed by atoms with van der Waals surface area (Å²) >= 11 is 0. The molecule has 6 heteroatoms. The molecule has 0 radical (unpaired) electrons. The minimum Gasteiger partial charge on any atom is -0.395 e. The van der Waals surface area contributed by atoms with Crippen LogP contribution in [0.5, 0.6) is 0 Å². The molecule has 0 aliphatic carbocycles. The normalized spacial score (nSPS) is 34.3. The summed E-state index contributed by atoms with van der Waals surface area (Å²) in [7, 11) is 0. The van der Waals surface area contributed by atoms with Gasteiger partial charge in [-0.05, 0) is 0 Å². The summed E-state index contributed by atoms with van der Waals surface area (Å²) in [6.45, 7) is -0.703. The average molecular weight is 207 g/mol. The van der Waals surface area contributed by atoms with Gasteiger partial charge in [-0.25, -0.2) is 0 Å². The summed E-state index contributed by atoms with van der Waals surface area (Å²) in [4.78, 5) is 1.52. The van der Waals surface area contributed by atoms with Crippen molar-refractivity contribution in [2.24, 2.45) is 0 Å². The van der Waals surface area contributed by atoms with Crippen molar-refractivity contribution in [3.05, 3.63) is 0 Å². The van der Waals surface area contributed by atoms with E-state index in [4.69, 9.17) is 15.3 Å². The highest BCUT2D eigenvalue weighted by molar-refractivity contribution is 4.95. The highest BCUT2D eigenvalue weighted by Crippen LogP contribution is 2.20. The number of β-amino-alcohol motifs (C(OH)–C–C–N with tert-alkyl or cyclic N) is 1. The SMILES string of the molecule is OCC(CO)N1C[C@H](O)[C@@H](O)[C@@H]1CO. The molecule has 1 saturated heterocycles. The Morgan fingerprint density at radius 1 is 1.14 bits per heavy atom. The third-order valence-electron chi connectivity index (χ3n) is 2.69. The van der Waals surface area contributed by atoms with Crippen molar-refractivity contribution in [2.45, 2.75) is 24.3 Å². The molecule has 3 atom stereocenters. The van der Waals surface area contributed by atoms with Crippen LogP contribution in [0.3, 0.4) is 0 Å². The summed E-state index contributed by atoms with van der Waals surface area (Å²) in [5.41, 5.74) is 0. The summed E-state index contributed by atoms with van der Waals surface area (Å²) < 4.78 is 0. The molecule has 0 spiro atoms. The van der Waals surface area contributed by atoms with Gasteiger partial charge in [-0.1, -0.05) is 0 Å². The van der Waals surface area contributed by atoms with Crippen LogP contribution in [0.1, 0.15) is 0 Å². The van der Waals surface area contributed by atoms with E-state index in [0.717, 1.165) is 0 Å². The highest BCUT2D eigenvalue weighted by Gasteiger charge is 2.42. The van der Waals surface area contributed by atoms with Crippen LogP contribution in [0.15, 0.2) is 0 Å². The van der Waals surface area contributed by atoms with Gasteiger partial charge in [0.05, 0.1) is 44.1 Å². The van der Waals surface area contributed by atoms with Gasteiger partial charge in [0.25, 0.3) is 0 Å². The van der Waals surface area contributed by atoms with Crippen LogP contribution >= 0.6 is 0 Å². The van der Waals surface area contributed by atoms with Crippen molar-refractivity contribution in [2.75, 3.05) is 26.4 Å². The Morgan fingerprint density at radius 3 is 2.14 bits per heavy atom. The van der Waals surface area contributed by atoms with Gasteiger partial charge >= 0.3 is 0 Å². The number of hydrogen-bond acceptors (Lipinski definition) is 6. The fraction of sp³-hybridized carbons (Fsp3) is 1.00.